The highest BCUT2D eigenvalue weighted by molar-refractivity contribution is 5.69. The van der Waals surface area contributed by atoms with Gasteiger partial charge in [-0.05, 0) is 13.3 Å². The van der Waals surface area contributed by atoms with Crippen molar-refractivity contribution in [2.24, 2.45) is 0 Å². The largest absolute Gasteiger partial charge is 0.466 e. The summed E-state index contributed by atoms with van der Waals surface area (Å²) in [6.07, 6.45) is 7.66. The Morgan fingerprint density at radius 2 is 0.644 bits per heavy atom. The molecule has 0 saturated heterocycles. The number of carbonyl (C=O) groups is 2. The van der Waals surface area contributed by atoms with Crippen molar-refractivity contribution in [3.63, 3.8) is 0 Å². The molecule has 0 rings (SSSR count). The Morgan fingerprint density at radius 1 is 0.333 bits per heavy atom. The summed E-state index contributed by atoms with van der Waals surface area (Å²) in [7, 11) is 0. The van der Waals surface area contributed by atoms with Crippen molar-refractivity contribution < 1.29 is 61.7 Å². The fraction of sp³-hybridized carbons (Fsp3) is 0.938. The average molecular weight is 655 g/mol. The third-order valence-corrected chi connectivity index (χ3v) is 5.96. The SMILES string of the molecule is CCCCCCCCC(=O)OCCOCCOCCOCCOCCOCCOCCOCCOCCOCCC(=O)OCC. The van der Waals surface area contributed by atoms with Crippen LogP contribution in [-0.4, -0.2) is 144 Å². The van der Waals surface area contributed by atoms with Gasteiger partial charge in [0.05, 0.1) is 132 Å². The highest BCUT2D eigenvalue weighted by atomic mass is 16.6. The Labute approximate surface area is 271 Å². The average Bonchev–Trinajstić information content (AvgIpc) is 3.03. The van der Waals surface area contributed by atoms with Crippen LogP contribution >= 0.6 is 0 Å². The predicted molar refractivity (Wildman–Crippen MR) is 168 cm³/mol. The second-order valence-electron chi connectivity index (χ2n) is 9.80. The van der Waals surface area contributed by atoms with Gasteiger partial charge in [0.25, 0.3) is 0 Å². The highest BCUT2D eigenvalue weighted by Gasteiger charge is 2.03. The summed E-state index contributed by atoms with van der Waals surface area (Å²) in [5, 5.41) is 0. The molecular formula is C32H62O13. The Bertz CT molecular complexity index is 610. The monoisotopic (exact) mass is 654 g/mol. The first-order valence-electron chi connectivity index (χ1n) is 16.7. The van der Waals surface area contributed by atoms with Crippen LogP contribution in [0, 0.1) is 0 Å². The van der Waals surface area contributed by atoms with Crippen molar-refractivity contribution in [3.05, 3.63) is 0 Å². The molecular weight excluding hydrogens is 592 g/mol. The van der Waals surface area contributed by atoms with E-state index in [2.05, 4.69) is 6.92 Å². The molecule has 0 aliphatic heterocycles. The van der Waals surface area contributed by atoms with Crippen LogP contribution in [0.2, 0.25) is 0 Å². The molecule has 0 aromatic rings. The van der Waals surface area contributed by atoms with Gasteiger partial charge in [-0.2, -0.15) is 0 Å². The van der Waals surface area contributed by atoms with E-state index >= 15 is 0 Å². The molecule has 13 heteroatoms. The lowest BCUT2D eigenvalue weighted by molar-refractivity contribution is -0.146. The van der Waals surface area contributed by atoms with E-state index in [0.29, 0.717) is 132 Å². The first-order chi connectivity index (χ1) is 22.2. The van der Waals surface area contributed by atoms with Crippen LogP contribution in [-0.2, 0) is 61.7 Å². The second kappa shape index (κ2) is 38.8. The second-order valence-corrected chi connectivity index (χ2v) is 9.80. The van der Waals surface area contributed by atoms with Crippen LogP contribution in [0.3, 0.4) is 0 Å². The molecule has 0 spiro atoms. The lowest BCUT2D eigenvalue weighted by Gasteiger charge is -2.09. The van der Waals surface area contributed by atoms with Crippen molar-refractivity contribution in [1.82, 2.24) is 0 Å². The molecule has 0 unspecified atom stereocenters. The molecule has 0 fully saturated rings. The van der Waals surface area contributed by atoms with E-state index < -0.39 is 0 Å². The molecule has 13 nitrogen and oxygen atoms in total. The minimum atomic E-state index is -0.252. The standard InChI is InChI=1S/C32H62O13/c1-3-5-6-7-8-9-10-31(33)45-30-29-43-28-27-42-26-25-41-24-23-40-22-21-39-20-19-38-18-17-37-16-15-36-14-13-35-12-11-32(34)44-4-2/h3-30H2,1-2H3. The van der Waals surface area contributed by atoms with Crippen molar-refractivity contribution in [1.29, 1.82) is 0 Å². The number of esters is 2. The summed E-state index contributed by atoms with van der Waals surface area (Å²) in [6.45, 7) is 13.0. The van der Waals surface area contributed by atoms with Crippen LogP contribution in [0.25, 0.3) is 0 Å². The Balaban J connectivity index is 3.11. The van der Waals surface area contributed by atoms with Gasteiger partial charge in [-0.15, -0.1) is 0 Å². The lowest BCUT2D eigenvalue weighted by atomic mass is 10.1. The van der Waals surface area contributed by atoms with Gasteiger partial charge in [0.1, 0.15) is 6.61 Å². The van der Waals surface area contributed by atoms with E-state index in [-0.39, 0.29) is 25.0 Å². The van der Waals surface area contributed by atoms with Crippen LogP contribution in [0.5, 0.6) is 0 Å². The predicted octanol–water partition coefficient (Wildman–Crippen LogP) is 3.38. The van der Waals surface area contributed by atoms with E-state index in [1.165, 1.54) is 25.7 Å². The number of ether oxygens (including phenoxy) is 11. The number of hydrogen-bond donors (Lipinski definition) is 0. The van der Waals surface area contributed by atoms with Gasteiger partial charge in [-0.1, -0.05) is 39.0 Å². The fourth-order valence-electron chi connectivity index (χ4n) is 3.59. The smallest absolute Gasteiger partial charge is 0.308 e. The zero-order chi connectivity index (χ0) is 32.7. The summed E-state index contributed by atoms with van der Waals surface area (Å²) in [4.78, 5) is 22.8. The van der Waals surface area contributed by atoms with E-state index in [9.17, 15) is 9.59 Å². The Kier molecular flexibility index (Phi) is 37.5. The molecule has 268 valence electrons. The zero-order valence-corrected chi connectivity index (χ0v) is 28.1. The van der Waals surface area contributed by atoms with Crippen LogP contribution in [0.1, 0.15) is 65.2 Å². The number of hydrogen-bond acceptors (Lipinski definition) is 13. The van der Waals surface area contributed by atoms with Crippen molar-refractivity contribution >= 4 is 11.9 Å². The summed E-state index contributed by atoms with van der Waals surface area (Å²) in [5.74, 6) is -0.399. The molecule has 0 heterocycles. The van der Waals surface area contributed by atoms with Gasteiger partial charge in [-0.3, -0.25) is 9.59 Å². The summed E-state index contributed by atoms with van der Waals surface area (Å²) in [5.41, 5.74) is 0. The maximum absolute atomic E-state index is 11.7. The maximum atomic E-state index is 11.7. The minimum absolute atomic E-state index is 0.146. The quantitative estimate of drug-likeness (QED) is 0.0712. The third-order valence-electron chi connectivity index (χ3n) is 5.96. The van der Waals surface area contributed by atoms with Gasteiger partial charge in [-0.25, -0.2) is 0 Å². The number of rotatable bonds is 38. The molecule has 0 radical (unpaired) electrons. The van der Waals surface area contributed by atoms with Crippen LogP contribution in [0.15, 0.2) is 0 Å². The van der Waals surface area contributed by atoms with E-state index in [1.807, 2.05) is 0 Å². The van der Waals surface area contributed by atoms with Crippen molar-refractivity contribution in [2.75, 3.05) is 132 Å². The Morgan fingerprint density at radius 3 is 1.02 bits per heavy atom. The number of unbranched alkanes of at least 4 members (excludes halogenated alkanes) is 5. The van der Waals surface area contributed by atoms with Gasteiger partial charge in [0, 0.05) is 6.42 Å². The van der Waals surface area contributed by atoms with Gasteiger partial charge in [0.2, 0.25) is 0 Å². The summed E-state index contributed by atoms with van der Waals surface area (Å²) >= 11 is 0. The highest BCUT2D eigenvalue weighted by Crippen LogP contribution is 2.07. The topological polar surface area (TPSA) is 136 Å². The molecule has 0 saturated carbocycles. The Hall–Kier alpha value is -1.42. The summed E-state index contributed by atoms with van der Waals surface area (Å²) in [6, 6.07) is 0. The molecule has 0 aliphatic rings. The lowest BCUT2D eigenvalue weighted by Crippen LogP contribution is -2.15. The molecule has 0 atom stereocenters. The normalized spacial score (nSPS) is 11.2. The van der Waals surface area contributed by atoms with Gasteiger partial charge in [0.15, 0.2) is 0 Å². The van der Waals surface area contributed by atoms with Gasteiger partial charge < -0.3 is 52.1 Å². The zero-order valence-electron chi connectivity index (χ0n) is 28.1. The summed E-state index contributed by atoms with van der Waals surface area (Å²) < 4.78 is 58.8. The first kappa shape index (κ1) is 43.6. The minimum Gasteiger partial charge on any atom is -0.466 e. The van der Waals surface area contributed by atoms with Crippen molar-refractivity contribution in [3.8, 4) is 0 Å². The molecule has 0 amide bonds. The molecule has 45 heavy (non-hydrogen) atoms. The molecule has 0 aromatic heterocycles. The van der Waals surface area contributed by atoms with Crippen molar-refractivity contribution in [2.45, 2.75) is 65.2 Å². The number of carbonyl (C=O) groups excluding carboxylic acids is 2. The first-order valence-corrected chi connectivity index (χ1v) is 16.7. The van der Waals surface area contributed by atoms with E-state index in [4.69, 9.17) is 52.1 Å². The molecule has 0 aromatic carbocycles. The van der Waals surface area contributed by atoms with E-state index in [1.54, 1.807) is 6.92 Å². The van der Waals surface area contributed by atoms with E-state index in [0.717, 1.165) is 12.8 Å². The molecule has 0 aliphatic carbocycles. The van der Waals surface area contributed by atoms with Gasteiger partial charge >= 0.3 is 11.9 Å². The third kappa shape index (κ3) is 38.7. The molecule has 0 N–H and O–H groups in total. The maximum Gasteiger partial charge on any atom is 0.308 e. The molecule has 0 bridgehead atoms. The fourth-order valence-corrected chi connectivity index (χ4v) is 3.59. The van der Waals surface area contributed by atoms with Crippen LogP contribution < -0.4 is 0 Å². The van der Waals surface area contributed by atoms with Crippen LogP contribution in [0.4, 0.5) is 0 Å².